The molecule has 1 aliphatic rings. The van der Waals surface area contributed by atoms with E-state index in [9.17, 15) is 22.0 Å². The standard InChI is InChI=1S/C27H49F5O14Si8.2CH4/c1-33-50(11)40-47(39-49(9,10)21-17-15-14-16-18-21)41-53(35-3,36-4)46-54(37-5,38-6)45-52(13,44-51(12,34-2)43-50)42-48(7,8)20-19-22-23(28)25(30)27(32)26(31)24(22)29;;/h14-18,47H,19-20H2,1-13H3;2*1H4. The lowest BCUT2D eigenvalue weighted by Gasteiger charge is -2.45. The molecular formula is C29H57F5O14Si8. The van der Waals surface area contributed by atoms with Crippen molar-refractivity contribution >= 4 is 75.9 Å². The molecule has 0 bridgehead atoms. The Bertz CT molecular complexity index is 1540. The molecule has 0 radical (unpaired) electrons. The zero-order chi connectivity index (χ0) is 41.0. The highest BCUT2D eigenvalue weighted by Gasteiger charge is 2.66. The second kappa shape index (κ2) is 20.7. The first-order valence-electron chi connectivity index (χ1n) is 16.3. The van der Waals surface area contributed by atoms with Gasteiger partial charge in [0.1, 0.15) is 0 Å². The topological polar surface area (TPSA) is 129 Å². The summed E-state index contributed by atoms with van der Waals surface area (Å²) in [6, 6.07) is 9.34. The number of benzene rings is 2. The third-order valence-corrected chi connectivity index (χ3v) is 36.5. The number of rotatable bonds is 14. The van der Waals surface area contributed by atoms with Gasteiger partial charge in [-0.1, -0.05) is 45.2 Å². The van der Waals surface area contributed by atoms with Crippen molar-refractivity contribution in [2.24, 2.45) is 0 Å². The molecule has 27 heteroatoms. The average molecular weight is 949 g/mol. The molecule has 2 aromatic carbocycles. The van der Waals surface area contributed by atoms with Crippen molar-refractivity contribution in [1.29, 1.82) is 0 Å². The van der Waals surface area contributed by atoms with Crippen LogP contribution in [0.2, 0.25) is 51.9 Å². The van der Waals surface area contributed by atoms with Crippen LogP contribution in [-0.2, 0) is 65.9 Å². The van der Waals surface area contributed by atoms with Gasteiger partial charge in [0.05, 0.1) is 0 Å². The molecule has 0 amide bonds. The normalized spacial score (nSPS) is 26.0. The Morgan fingerprint density at radius 1 is 0.571 bits per heavy atom. The van der Waals surface area contributed by atoms with E-state index in [1.54, 1.807) is 19.6 Å². The van der Waals surface area contributed by atoms with E-state index in [1.165, 1.54) is 55.8 Å². The highest BCUT2D eigenvalue weighted by molar-refractivity contribution is 6.91. The molecule has 14 nitrogen and oxygen atoms in total. The molecule has 324 valence electrons. The van der Waals surface area contributed by atoms with Gasteiger partial charge >= 0.3 is 54.0 Å². The van der Waals surface area contributed by atoms with Gasteiger partial charge in [-0.15, -0.1) is 0 Å². The van der Waals surface area contributed by atoms with Crippen LogP contribution in [0.1, 0.15) is 20.4 Å². The molecule has 0 saturated carbocycles. The van der Waals surface area contributed by atoms with Crippen molar-refractivity contribution in [1.82, 2.24) is 0 Å². The summed E-state index contributed by atoms with van der Waals surface area (Å²) in [7, 11) is -23.0. The molecule has 1 saturated heterocycles. The predicted octanol–water partition coefficient (Wildman–Crippen LogP) is 5.83. The Labute approximate surface area is 336 Å². The summed E-state index contributed by atoms with van der Waals surface area (Å²) in [4.78, 5) is 0. The number of hydrogen-bond donors (Lipinski definition) is 0. The molecule has 1 heterocycles. The lowest BCUT2D eigenvalue weighted by Crippen LogP contribution is -2.71. The molecule has 1 fully saturated rings. The van der Waals surface area contributed by atoms with Crippen LogP contribution in [0.15, 0.2) is 30.3 Å². The molecule has 56 heavy (non-hydrogen) atoms. The molecule has 2 aromatic rings. The van der Waals surface area contributed by atoms with E-state index in [1.807, 2.05) is 43.4 Å². The maximum Gasteiger partial charge on any atom is 0.665 e. The van der Waals surface area contributed by atoms with E-state index in [-0.39, 0.29) is 20.9 Å². The van der Waals surface area contributed by atoms with Gasteiger partial charge in [0.25, 0.3) is 0 Å². The Morgan fingerprint density at radius 3 is 1.50 bits per heavy atom. The first-order chi connectivity index (χ1) is 24.9. The van der Waals surface area contributed by atoms with Crippen LogP contribution in [0.25, 0.3) is 0 Å². The third kappa shape index (κ3) is 12.9. The van der Waals surface area contributed by atoms with E-state index in [4.69, 9.17) is 59.5 Å². The third-order valence-electron chi connectivity index (χ3n) is 8.19. The minimum Gasteiger partial charge on any atom is -0.417 e. The lowest BCUT2D eigenvalue weighted by molar-refractivity contribution is -0.0190. The fraction of sp³-hybridized carbons (Fsp3) is 0.586. The number of halogens is 5. The SMILES string of the molecule is C.C.CO[Si]1(C)O[SiH](O[Si](C)(C)c2ccccc2)O[Si](OC)(OC)O[Si](OC)(OC)O[Si](C)(O[Si](C)(C)CCc2c(F)c(F)c(F)c(F)c2F)O[Si](C)(OC)O1. The van der Waals surface area contributed by atoms with Crippen molar-refractivity contribution in [3.05, 3.63) is 65.0 Å². The van der Waals surface area contributed by atoms with E-state index in [0.717, 1.165) is 5.19 Å². The molecular weight excluding hydrogens is 892 g/mol. The van der Waals surface area contributed by atoms with Crippen LogP contribution in [-0.4, -0.2) is 113 Å². The molecule has 4 unspecified atom stereocenters. The van der Waals surface area contributed by atoms with Crippen LogP contribution >= 0.6 is 0 Å². The smallest absolute Gasteiger partial charge is 0.417 e. The lowest BCUT2D eigenvalue weighted by atomic mass is 10.1. The van der Waals surface area contributed by atoms with Crippen molar-refractivity contribution in [2.45, 2.75) is 73.1 Å². The molecule has 0 N–H and O–H groups in total. The molecule has 3 rings (SSSR count). The Kier molecular flexibility index (Phi) is 19.7. The summed E-state index contributed by atoms with van der Waals surface area (Å²) in [6.45, 7) is 11.7. The van der Waals surface area contributed by atoms with Crippen LogP contribution < -0.4 is 5.19 Å². The van der Waals surface area contributed by atoms with Crippen LogP contribution in [0.5, 0.6) is 0 Å². The summed E-state index contributed by atoms with van der Waals surface area (Å²) >= 11 is 0. The second-order valence-electron chi connectivity index (χ2n) is 13.1. The van der Waals surface area contributed by atoms with Crippen LogP contribution in [0.3, 0.4) is 0 Å². The highest BCUT2D eigenvalue weighted by atomic mass is 28.6. The van der Waals surface area contributed by atoms with E-state index in [0.29, 0.717) is 0 Å². The fourth-order valence-electron chi connectivity index (χ4n) is 5.25. The van der Waals surface area contributed by atoms with Crippen molar-refractivity contribution < 1.29 is 81.4 Å². The van der Waals surface area contributed by atoms with Gasteiger partial charge in [0.2, 0.25) is 14.1 Å². The highest BCUT2D eigenvalue weighted by Crippen LogP contribution is 2.35. The molecule has 0 aromatic heterocycles. The van der Waals surface area contributed by atoms with Crippen LogP contribution in [0, 0.1) is 29.1 Å². The van der Waals surface area contributed by atoms with E-state index in [2.05, 4.69) is 0 Å². The predicted molar refractivity (Wildman–Crippen MR) is 213 cm³/mol. The monoisotopic (exact) mass is 948 g/mol. The summed E-state index contributed by atoms with van der Waals surface area (Å²) in [6.07, 6.45) is -0.576. The van der Waals surface area contributed by atoms with Gasteiger partial charge in [-0.05, 0) is 43.8 Å². The Balaban J connectivity index is 0.00000784. The number of hydrogen-bond acceptors (Lipinski definition) is 14. The Hall–Kier alpha value is -0.735. The van der Waals surface area contributed by atoms with Gasteiger partial charge in [-0.25, -0.2) is 22.0 Å². The van der Waals surface area contributed by atoms with Crippen LogP contribution in [0.4, 0.5) is 22.0 Å². The van der Waals surface area contributed by atoms with Gasteiger partial charge in [-0.3, -0.25) is 0 Å². The zero-order valence-corrected chi connectivity index (χ0v) is 40.6. The summed E-state index contributed by atoms with van der Waals surface area (Å²) < 4.78 is 158. The maximum absolute atomic E-state index is 14.6. The van der Waals surface area contributed by atoms with Crippen molar-refractivity contribution in [2.75, 3.05) is 42.7 Å². The molecule has 0 spiro atoms. The average Bonchev–Trinajstić information content (AvgIpc) is 3.11. The first-order valence-corrected chi connectivity index (χ1v) is 33.7. The summed E-state index contributed by atoms with van der Waals surface area (Å²) in [5.41, 5.74) is -0.991. The molecule has 0 aliphatic carbocycles. The first kappa shape index (κ1) is 53.3. The summed E-state index contributed by atoms with van der Waals surface area (Å²) in [5.74, 6) is -10.2. The minimum atomic E-state index is -4.54. The Morgan fingerprint density at radius 2 is 1.04 bits per heavy atom. The minimum absolute atomic E-state index is 0. The van der Waals surface area contributed by atoms with Crippen molar-refractivity contribution in [3.63, 3.8) is 0 Å². The summed E-state index contributed by atoms with van der Waals surface area (Å²) in [5, 5.41) is 0.923. The molecule has 4 atom stereocenters. The van der Waals surface area contributed by atoms with Gasteiger partial charge in [0.15, 0.2) is 31.6 Å². The van der Waals surface area contributed by atoms with Gasteiger partial charge < -0.3 is 59.5 Å². The molecule has 1 aliphatic heterocycles. The van der Waals surface area contributed by atoms with Crippen molar-refractivity contribution in [3.8, 4) is 0 Å². The second-order valence-corrected chi connectivity index (χ2v) is 37.9. The quantitative estimate of drug-likeness (QED) is 0.0975. The largest absolute Gasteiger partial charge is 0.665 e. The van der Waals surface area contributed by atoms with Gasteiger partial charge in [-0.2, -0.15) is 0 Å². The zero-order valence-electron chi connectivity index (χ0n) is 32.5. The maximum atomic E-state index is 14.6. The fourth-order valence-corrected chi connectivity index (χ4v) is 35.1. The van der Waals surface area contributed by atoms with E-state index < -0.39 is 112 Å². The van der Waals surface area contributed by atoms with E-state index >= 15 is 0 Å². The van der Waals surface area contributed by atoms with Gasteiger partial charge in [0, 0.05) is 67.9 Å².